The molecule has 0 unspecified atom stereocenters. The van der Waals surface area contributed by atoms with Crippen molar-refractivity contribution in [3.05, 3.63) is 83.9 Å². The van der Waals surface area contributed by atoms with Gasteiger partial charge in [-0.25, -0.2) is 14.6 Å². The maximum atomic E-state index is 12.9. The molecule has 4 aromatic rings. The quantitative estimate of drug-likeness (QED) is 0.134. The first-order valence-corrected chi connectivity index (χ1v) is 17.2. The number of amides is 1. The fourth-order valence-electron chi connectivity index (χ4n) is 5.60. The predicted octanol–water partition coefficient (Wildman–Crippen LogP) is 5.76. The van der Waals surface area contributed by atoms with Crippen LogP contribution in [0.3, 0.4) is 0 Å². The second-order valence-electron chi connectivity index (χ2n) is 12.5. The minimum atomic E-state index is -5.08. The van der Waals surface area contributed by atoms with Gasteiger partial charge >= 0.3 is 24.3 Å². The van der Waals surface area contributed by atoms with Crippen LogP contribution in [0.15, 0.2) is 72.8 Å². The number of pyridine rings is 1. The first-order valence-electron chi connectivity index (χ1n) is 17.2. The summed E-state index contributed by atoms with van der Waals surface area (Å²) in [4.78, 5) is 39.8. The van der Waals surface area contributed by atoms with Crippen molar-refractivity contribution in [1.29, 1.82) is 5.26 Å². The molecule has 0 atom stereocenters. The number of nitrogens with two attached hydrogens (primary N) is 1. The van der Waals surface area contributed by atoms with Crippen molar-refractivity contribution in [2.45, 2.75) is 25.3 Å². The number of aliphatic carboxylic acids is 2. The van der Waals surface area contributed by atoms with Gasteiger partial charge in [0.1, 0.15) is 36.4 Å². The molecule has 1 amide bonds. The van der Waals surface area contributed by atoms with Crippen LogP contribution < -0.4 is 20.5 Å². The second-order valence-corrected chi connectivity index (χ2v) is 12.5. The van der Waals surface area contributed by atoms with Crippen LogP contribution in [0.25, 0.3) is 22.4 Å². The number of hydrogen-bond acceptors (Lipinski definition) is 11. The fourth-order valence-corrected chi connectivity index (χ4v) is 5.60. The third-order valence-electron chi connectivity index (χ3n) is 8.41. The lowest BCUT2D eigenvalue weighted by atomic mass is 9.97. The van der Waals surface area contributed by atoms with Crippen LogP contribution in [0, 0.1) is 11.3 Å². The van der Waals surface area contributed by atoms with Gasteiger partial charge in [-0.1, -0.05) is 30.3 Å². The number of hydrogen-bond donors (Lipinski definition) is 5. The number of fused-ring (bicyclic) bond motifs is 1. The number of aromatic hydroxyl groups is 1. The smallest absolute Gasteiger partial charge is 0.490 e. The number of halogens is 6. The van der Waals surface area contributed by atoms with E-state index in [-0.39, 0.29) is 23.0 Å². The summed E-state index contributed by atoms with van der Waals surface area (Å²) < 4.78 is 74.8. The van der Waals surface area contributed by atoms with Crippen molar-refractivity contribution < 1.29 is 65.5 Å². The lowest BCUT2D eigenvalue weighted by molar-refractivity contribution is -0.193. The van der Waals surface area contributed by atoms with Gasteiger partial charge in [0.2, 0.25) is 5.91 Å². The number of alkyl halides is 6. The molecule has 1 fully saturated rings. The van der Waals surface area contributed by atoms with Gasteiger partial charge in [-0.2, -0.15) is 31.6 Å². The number of phenolic OH excluding ortho intramolecular Hbond substituents is 1. The third kappa shape index (κ3) is 12.7. The summed E-state index contributed by atoms with van der Waals surface area (Å²) in [6.07, 6.45) is -9.80. The lowest BCUT2D eigenvalue weighted by Crippen LogP contribution is -2.46. The number of piperazine rings is 1. The van der Waals surface area contributed by atoms with Crippen LogP contribution in [-0.2, 0) is 20.9 Å². The Kier molecular flexibility index (Phi) is 14.8. The number of benzene rings is 3. The molecule has 1 saturated heterocycles. The SMILES string of the molecule is N#Cc1c(-c2cccc(NC(=O)CCN3CCN(Cc4ccc5c(c4)OCCO5)CC3)c2)cc(-c2ccccc2O)nc1N.O=C(O)C(F)(F)F.O=C(O)C(F)(F)F. The first kappa shape index (κ1) is 44.1. The van der Waals surface area contributed by atoms with Gasteiger partial charge in [0.25, 0.3) is 0 Å². The number of carbonyl (C=O) groups is 3. The number of carboxylic acid groups (broad SMARTS) is 2. The number of rotatable bonds is 8. The number of ether oxygens (including phenoxy) is 2. The normalized spacial score (nSPS) is 14.1. The molecule has 14 nitrogen and oxygen atoms in total. The topological polar surface area (TPSA) is 212 Å². The number of phenols is 1. The van der Waals surface area contributed by atoms with Gasteiger partial charge < -0.3 is 40.7 Å². The van der Waals surface area contributed by atoms with E-state index in [9.17, 15) is 41.5 Å². The average Bonchev–Trinajstić information content (AvgIpc) is 3.17. The summed E-state index contributed by atoms with van der Waals surface area (Å²) in [5.74, 6) is -3.83. The summed E-state index contributed by atoms with van der Waals surface area (Å²) in [6.45, 7) is 6.34. The number of nitrogens with zero attached hydrogens (tertiary/aromatic N) is 4. The van der Waals surface area contributed by atoms with Crippen molar-refractivity contribution in [3.8, 4) is 45.7 Å². The molecule has 308 valence electrons. The van der Waals surface area contributed by atoms with E-state index in [0.29, 0.717) is 54.3 Å². The van der Waals surface area contributed by atoms with Crippen LogP contribution in [0.4, 0.5) is 37.8 Å². The molecule has 2 aliphatic rings. The Balaban J connectivity index is 0.000000456. The minimum absolute atomic E-state index is 0.0672. The number of carbonyl (C=O) groups excluding carboxylic acids is 1. The zero-order valence-electron chi connectivity index (χ0n) is 30.3. The minimum Gasteiger partial charge on any atom is -0.507 e. The molecule has 0 bridgehead atoms. The van der Waals surface area contributed by atoms with E-state index < -0.39 is 24.3 Å². The predicted molar refractivity (Wildman–Crippen MR) is 196 cm³/mol. The molecule has 0 aliphatic carbocycles. The highest BCUT2D eigenvalue weighted by molar-refractivity contribution is 5.92. The van der Waals surface area contributed by atoms with Crippen LogP contribution >= 0.6 is 0 Å². The van der Waals surface area contributed by atoms with E-state index in [2.05, 4.69) is 38.3 Å². The van der Waals surface area contributed by atoms with Crippen molar-refractivity contribution in [2.24, 2.45) is 0 Å². The van der Waals surface area contributed by atoms with Crippen molar-refractivity contribution in [3.63, 3.8) is 0 Å². The number of aromatic nitrogens is 1. The van der Waals surface area contributed by atoms with Crippen molar-refractivity contribution in [2.75, 3.05) is 57.0 Å². The van der Waals surface area contributed by atoms with E-state index >= 15 is 0 Å². The molecule has 1 aromatic heterocycles. The van der Waals surface area contributed by atoms with Gasteiger partial charge in [0.15, 0.2) is 11.5 Å². The van der Waals surface area contributed by atoms with E-state index in [1.807, 2.05) is 30.3 Å². The monoisotopic (exact) mass is 818 g/mol. The number of para-hydroxylation sites is 1. The molecule has 2 aliphatic heterocycles. The Morgan fingerprint density at radius 2 is 1.41 bits per heavy atom. The highest BCUT2D eigenvalue weighted by atomic mass is 19.4. The fraction of sp³-hybridized carbons (Fsp3) is 0.289. The zero-order chi connectivity index (χ0) is 42.6. The number of nitrogens with one attached hydrogen (secondary N) is 1. The Hall–Kier alpha value is -6.59. The van der Waals surface area contributed by atoms with E-state index in [0.717, 1.165) is 44.2 Å². The molecule has 0 radical (unpaired) electrons. The highest BCUT2D eigenvalue weighted by Crippen LogP contribution is 2.35. The van der Waals surface area contributed by atoms with Crippen molar-refractivity contribution >= 4 is 29.4 Å². The van der Waals surface area contributed by atoms with E-state index in [1.165, 1.54) is 5.56 Å². The second kappa shape index (κ2) is 19.5. The lowest BCUT2D eigenvalue weighted by Gasteiger charge is -2.34. The Bertz CT molecular complexity index is 2110. The average molecular weight is 819 g/mol. The van der Waals surface area contributed by atoms with Crippen LogP contribution in [0.2, 0.25) is 0 Å². The number of nitriles is 1. The molecule has 6 N–H and O–H groups in total. The molecule has 20 heteroatoms. The molecule has 0 saturated carbocycles. The van der Waals surface area contributed by atoms with E-state index in [1.54, 1.807) is 30.3 Å². The maximum Gasteiger partial charge on any atom is 0.490 e. The molecular weight excluding hydrogens is 782 g/mol. The Labute approximate surface area is 326 Å². The summed E-state index contributed by atoms with van der Waals surface area (Å²) in [5.41, 5.74) is 10.5. The van der Waals surface area contributed by atoms with Crippen molar-refractivity contribution in [1.82, 2.24) is 14.8 Å². The van der Waals surface area contributed by atoms with Gasteiger partial charge in [-0.05, 0) is 53.6 Å². The van der Waals surface area contributed by atoms with Crippen LogP contribution in [0.1, 0.15) is 17.5 Å². The number of carboxylic acids is 2. The molecular formula is C38H36F6N6O8. The molecule has 3 aromatic carbocycles. The van der Waals surface area contributed by atoms with Crippen LogP contribution in [-0.4, -0.2) is 106 Å². The van der Waals surface area contributed by atoms with Gasteiger partial charge in [-0.15, -0.1) is 0 Å². The zero-order valence-corrected chi connectivity index (χ0v) is 30.3. The largest absolute Gasteiger partial charge is 0.507 e. The van der Waals surface area contributed by atoms with Gasteiger partial charge in [0.05, 0.1) is 5.69 Å². The molecule has 58 heavy (non-hydrogen) atoms. The summed E-state index contributed by atoms with van der Waals surface area (Å²) in [6, 6.07) is 24.2. The van der Waals surface area contributed by atoms with Gasteiger partial charge in [-0.3, -0.25) is 9.69 Å². The summed E-state index contributed by atoms with van der Waals surface area (Å²) >= 11 is 0. The van der Waals surface area contributed by atoms with E-state index in [4.69, 9.17) is 35.0 Å². The van der Waals surface area contributed by atoms with Gasteiger partial charge in [0, 0.05) is 62.5 Å². The highest BCUT2D eigenvalue weighted by Gasteiger charge is 2.39. The molecule has 3 heterocycles. The number of anilines is 2. The summed E-state index contributed by atoms with van der Waals surface area (Å²) in [7, 11) is 0. The molecule has 6 rings (SSSR count). The van der Waals surface area contributed by atoms with Crippen LogP contribution in [0.5, 0.6) is 17.2 Å². The standard InChI is InChI=1S/C34H34N6O4.2C2HF3O2/c35-21-28-27(20-29(38-34(28)36)26-6-1-2-7-30(26)41)24-4-3-5-25(19-24)37-33(42)10-11-39-12-14-40(15-13-39)22-23-8-9-31-32(18-23)44-17-16-43-31;2*3-2(4,5)1(6)7/h1-9,18-20,41H,10-17,22H2,(H2,36,38)(H,37,42);2*(H,6,7). The number of nitrogen functional groups attached to an aromatic ring is 1. The Morgan fingerprint density at radius 3 is 2.02 bits per heavy atom. The third-order valence-corrected chi connectivity index (χ3v) is 8.41. The first-order chi connectivity index (χ1) is 27.3. The molecule has 0 spiro atoms. The maximum absolute atomic E-state index is 12.9. The summed E-state index contributed by atoms with van der Waals surface area (Å²) in [5, 5.41) is 37.4. The Morgan fingerprint density at radius 1 is 0.810 bits per heavy atom.